The highest BCUT2D eigenvalue weighted by Crippen LogP contribution is 2.31. The van der Waals surface area contributed by atoms with Crippen LogP contribution < -0.4 is 5.32 Å². The van der Waals surface area contributed by atoms with Crippen LogP contribution in [0.5, 0.6) is 0 Å². The third-order valence-corrected chi connectivity index (χ3v) is 4.35. The van der Waals surface area contributed by atoms with E-state index in [2.05, 4.69) is 33.0 Å². The maximum atomic E-state index is 6.24. The highest BCUT2D eigenvalue weighted by molar-refractivity contribution is 4.88. The summed E-state index contributed by atoms with van der Waals surface area (Å²) in [5.74, 6) is 1.54. The second-order valence-corrected chi connectivity index (χ2v) is 6.51. The summed E-state index contributed by atoms with van der Waals surface area (Å²) in [7, 11) is 0. The molecule has 1 aliphatic rings. The van der Waals surface area contributed by atoms with Gasteiger partial charge in [0.2, 0.25) is 0 Å². The van der Waals surface area contributed by atoms with Crippen molar-refractivity contribution >= 4 is 0 Å². The van der Waals surface area contributed by atoms with Crippen LogP contribution in [-0.2, 0) is 4.74 Å². The number of ether oxygens (including phenoxy) is 1. The van der Waals surface area contributed by atoms with Gasteiger partial charge in [0.15, 0.2) is 0 Å². The van der Waals surface area contributed by atoms with Crippen molar-refractivity contribution in [2.24, 2.45) is 11.8 Å². The van der Waals surface area contributed by atoms with Crippen LogP contribution in [0.15, 0.2) is 0 Å². The smallest absolute Gasteiger partial charge is 0.0753 e. The highest BCUT2D eigenvalue weighted by atomic mass is 16.5. The zero-order valence-electron chi connectivity index (χ0n) is 13.6. The topological polar surface area (TPSA) is 21.3 Å². The molecule has 0 bridgehead atoms. The molecule has 2 heteroatoms. The normalized spacial score (nSPS) is 31.6. The zero-order valence-corrected chi connectivity index (χ0v) is 13.6. The van der Waals surface area contributed by atoms with Crippen LogP contribution in [0.25, 0.3) is 0 Å². The van der Waals surface area contributed by atoms with Crippen molar-refractivity contribution in [3.05, 3.63) is 0 Å². The summed E-state index contributed by atoms with van der Waals surface area (Å²) in [6, 6.07) is 0.574. The molecule has 0 radical (unpaired) electrons. The molecule has 0 saturated heterocycles. The van der Waals surface area contributed by atoms with Gasteiger partial charge in [-0.15, -0.1) is 0 Å². The largest absolute Gasteiger partial charge is 0.376 e. The lowest BCUT2D eigenvalue weighted by Crippen LogP contribution is -2.49. The lowest BCUT2D eigenvalue weighted by atomic mass is 9.78. The molecule has 1 aliphatic carbocycles. The van der Waals surface area contributed by atoms with Gasteiger partial charge in [0, 0.05) is 12.6 Å². The Morgan fingerprint density at radius 2 is 1.79 bits per heavy atom. The highest BCUT2D eigenvalue weighted by Gasteiger charge is 2.34. The molecule has 4 unspecified atom stereocenters. The van der Waals surface area contributed by atoms with Gasteiger partial charge in [0.05, 0.1) is 6.10 Å². The van der Waals surface area contributed by atoms with Gasteiger partial charge in [-0.1, -0.05) is 47.0 Å². The molecule has 0 aromatic carbocycles. The molecule has 0 heterocycles. The maximum absolute atomic E-state index is 6.24. The van der Waals surface area contributed by atoms with E-state index in [0.29, 0.717) is 18.1 Å². The molecule has 19 heavy (non-hydrogen) atoms. The Morgan fingerprint density at radius 1 is 1.00 bits per heavy atom. The lowest BCUT2D eigenvalue weighted by Gasteiger charge is -2.40. The third kappa shape index (κ3) is 6.27. The molecular weight excluding hydrogens is 234 g/mol. The summed E-state index contributed by atoms with van der Waals surface area (Å²) in [4.78, 5) is 0. The molecule has 1 N–H and O–H groups in total. The number of hydrogen-bond acceptors (Lipinski definition) is 2. The predicted molar refractivity (Wildman–Crippen MR) is 83.5 cm³/mol. The maximum Gasteiger partial charge on any atom is 0.0753 e. The van der Waals surface area contributed by atoms with Crippen LogP contribution in [0, 0.1) is 11.8 Å². The quantitative estimate of drug-likeness (QED) is 0.627. The third-order valence-electron chi connectivity index (χ3n) is 4.35. The SMILES string of the molecule is CCCCCCOC1C(C)CC(C)CC1NCCC. The fourth-order valence-corrected chi connectivity index (χ4v) is 3.39. The molecule has 0 aliphatic heterocycles. The molecule has 2 nitrogen and oxygen atoms in total. The monoisotopic (exact) mass is 269 g/mol. The number of rotatable bonds is 9. The average Bonchev–Trinajstić information content (AvgIpc) is 2.38. The minimum Gasteiger partial charge on any atom is -0.376 e. The summed E-state index contributed by atoms with van der Waals surface area (Å²) in [6.45, 7) is 11.3. The van der Waals surface area contributed by atoms with Gasteiger partial charge < -0.3 is 10.1 Å². The molecule has 1 saturated carbocycles. The van der Waals surface area contributed by atoms with Crippen molar-refractivity contribution in [2.75, 3.05) is 13.2 Å². The first-order valence-corrected chi connectivity index (χ1v) is 8.54. The first-order chi connectivity index (χ1) is 9.19. The molecular formula is C17H35NO. The molecule has 0 aromatic rings. The standard InChI is InChI=1S/C17H35NO/c1-5-7-8-9-11-19-17-15(4)12-14(3)13-16(17)18-10-6-2/h14-18H,5-13H2,1-4H3. The average molecular weight is 269 g/mol. The molecule has 0 aromatic heterocycles. The summed E-state index contributed by atoms with van der Waals surface area (Å²) >= 11 is 0. The summed E-state index contributed by atoms with van der Waals surface area (Å²) in [6.07, 6.45) is 9.45. The van der Waals surface area contributed by atoms with Crippen LogP contribution >= 0.6 is 0 Å². The van der Waals surface area contributed by atoms with Crippen molar-refractivity contribution in [3.63, 3.8) is 0 Å². The van der Waals surface area contributed by atoms with E-state index in [0.717, 1.165) is 19.1 Å². The molecule has 0 spiro atoms. The van der Waals surface area contributed by atoms with Gasteiger partial charge in [-0.2, -0.15) is 0 Å². The molecule has 114 valence electrons. The van der Waals surface area contributed by atoms with Crippen LogP contribution in [0.2, 0.25) is 0 Å². The molecule has 4 atom stereocenters. The summed E-state index contributed by atoms with van der Waals surface area (Å²) in [5.41, 5.74) is 0. The van der Waals surface area contributed by atoms with Gasteiger partial charge >= 0.3 is 0 Å². The van der Waals surface area contributed by atoms with E-state index in [-0.39, 0.29) is 0 Å². The van der Waals surface area contributed by atoms with E-state index in [1.54, 1.807) is 0 Å². The van der Waals surface area contributed by atoms with Crippen molar-refractivity contribution in [3.8, 4) is 0 Å². The lowest BCUT2D eigenvalue weighted by molar-refractivity contribution is -0.0388. The second-order valence-electron chi connectivity index (χ2n) is 6.51. The Labute approximate surface area is 120 Å². The minimum absolute atomic E-state index is 0.435. The van der Waals surface area contributed by atoms with Gasteiger partial charge in [0.1, 0.15) is 0 Å². The molecule has 1 rings (SSSR count). The van der Waals surface area contributed by atoms with Crippen molar-refractivity contribution < 1.29 is 4.74 Å². The van der Waals surface area contributed by atoms with E-state index in [9.17, 15) is 0 Å². The minimum atomic E-state index is 0.435. The first-order valence-electron chi connectivity index (χ1n) is 8.54. The molecule has 0 amide bonds. The number of hydrogen-bond donors (Lipinski definition) is 1. The van der Waals surface area contributed by atoms with Gasteiger partial charge in [-0.3, -0.25) is 0 Å². The fourth-order valence-electron chi connectivity index (χ4n) is 3.39. The fraction of sp³-hybridized carbons (Fsp3) is 1.00. The second kappa shape index (κ2) is 9.77. The van der Waals surface area contributed by atoms with Crippen LogP contribution in [0.3, 0.4) is 0 Å². The Kier molecular flexibility index (Phi) is 8.72. The van der Waals surface area contributed by atoms with E-state index in [4.69, 9.17) is 4.74 Å². The van der Waals surface area contributed by atoms with E-state index < -0.39 is 0 Å². The Morgan fingerprint density at radius 3 is 2.47 bits per heavy atom. The van der Waals surface area contributed by atoms with Gasteiger partial charge in [-0.05, 0) is 44.1 Å². The van der Waals surface area contributed by atoms with E-state index >= 15 is 0 Å². The Balaban J connectivity index is 2.35. The Hall–Kier alpha value is -0.0800. The predicted octanol–water partition coefficient (Wildman–Crippen LogP) is 4.39. The first kappa shape index (κ1) is 17.0. The van der Waals surface area contributed by atoms with Crippen molar-refractivity contribution in [1.29, 1.82) is 0 Å². The number of unbranched alkanes of at least 4 members (excludes halogenated alkanes) is 3. The van der Waals surface area contributed by atoms with Crippen molar-refractivity contribution in [1.82, 2.24) is 5.32 Å². The van der Waals surface area contributed by atoms with Crippen LogP contribution in [0.4, 0.5) is 0 Å². The number of nitrogens with one attached hydrogen (secondary N) is 1. The van der Waals surface area contributed by atoms with Crippen molar-refractivity contribution in [2.45, 2.75) is 84.8 Å². The summed E-state index contributed by atoms with van der Waals surface area (Å²) < 4.78 is 6.24. The van der Waals surface area contributed by atoms with Crippen LogP contribution in [0.1, 0.15) is 72.6 Å². The van der Waals surface area contributed by atoms with Gasteiger partial charge in [0.25, 0.3) is 0 Å². The molecule has 1 fully saturated rings. The zero-order chi connectivity index (χ0) is 14.1. The van der Waals surface area contributed by atoms with E-state index in [1.807, 2.05) is 0 Å². The summed E-state index contributed by atoms with van der Waals surface area (Å²) in [5, 5.41) is 3.71. The van der Waals surface area contributed by atoms with E-state index in [1.165, 1.54) is 44.9 Å². The Bertz CT molecular complexity index is 219. The van der Waals surface area contributed by atoms with Gasteiger partial charge in [-0.25, -0.2) is 0 Å². The van der Waals surface area contributed by atoms with Crippen LogP contribution in [-0.4, -0.2) is 25.3 Å².